The fraction of sp³-hybridized carbons (Fsp3) is 0.125. The number of para-hydroxylation sites is 1. The lowest BCUT2D eigenvalue weighted by Gasteiger charge is -2.06. The van der Waals surface area contributed by atoms with Gasteiger partial charge in [0.05, 0.1) is 18.3 Å². The molecule has 1 heterocycles. The lowest BCUT2D eigenvalue weighted by molar-refractivity contribution is 0.300. The van der Waals surface area contributed by atoms with E-state index in [-0.39, 0.29) is 5.82 Å². The summed E-state index contributed by atoms with van der Waals surface area (Å²) in [4.78, 5) is 3.03. The van der Waals surface area contributed by atoms with Crippen molar-refractivity contribution < 1.29 is 13.9 Å². The number of rotatable bonds is 4. The highest BCUT2D eigenvalue weighted by Gasteiger charge is 2.05. The smallest absolute Gasteiger partial charge is 0.147 e. The van der Waals surface area contributed by atoms with Gasteiger partial charge in [-0.25, -0.2) is 4.39 Å². The molecule has 3 nitrogen and oxygen atoms in total. The van der Waals surface area contributed by atoms with Crippen molar-refractivity contribution >= 4 is 10.9 Å². The van der Waals surface area contributed by atoms with Crippen molar-refractivity contribution in [1.82, 2.24) is 4.98 Å². The van der Waals surface area contributed by atoms with Crippen molar-refractivity contribution in [2.24, 2.45) is 0 Å². The highest BCUT2D eigenvalue weighted by atomic mass is 19.1. The molecule has 20 heavy (non-hydrogen) atoms. The monoisotopic (exact) mass is 271 g/mol. The Bertz CT molecular complexity index is 736. The van der Waals surface area contributed by atoms with Gasteiger partial charge in [-0.1, -0.05) is 18.2 Å². The van der Waals surface area contributed by atoms with Crippen molar-refractivity contribution in [2.75, 3.05) is 7.11 Å². The molecule has 102 valence electrons. The van der Waals surface area contributed by atoms with Crippen molar-refractivity contribution in [1.29, 1.82) is 0 Å². The second kappa shape index (κ2) is 5.25. The van der Waals surface area contributed by atoms with Crippen LogP contribution in [0.3, 0.4) is 0 Å². The Morgan fingerprint density at radius 3 is 2.65 bits per heavy atom. The Morgan fingerprint density at radius 1 is 1.05 bits per heavy atom. The summed E-state index contributed by atoms with van der Waals surface area (Å²) in [6, 6.07) is 14.3. The van der Waals surface area contributed by atoms with Gasteiger partial charge in [-0.3, -0.25) is 0 Å². The van der Waals surface area contributed by atoms with E-state index in [0.29, 0.717) is 17.9 Å². The van der Waals surface area contributed by atoms with E-state index in [4.69, 9.17) is 9.47 Å². The maximum atomic E-state index is 13.6. The quantitative estimate of drug-likeness (QED) is 0.781. The number of fused-ring (bicyclic) bond motifs is 1. The number of methoxy groups -OCH3 is 1. The molecule has 0 saturated heterocycles. The highest BCUT2D eigenvalue weighted by molar-refractivity contribution is 5.80. The van der Waals surface area contributed by atoms with Crippen molar-refractivity contribution in [2.45, 2.75) is 6.61 Å². The number of ether oxygens (including phenoxy) is 2. The van der Waals surface area contributed by atoms with E-state index in [1.807, 2.05) is 36.4 Å². The molecule has 0 bridgehead atoms. The number of aromatic nitrogens is 1. The maximum absolute atomic E-state index is 13.6. The summed E-state index contributed by atoms with van der Waals surface area (Å²) >= 11 is 0. The molecule has 1 N–H and O–H groups in total. The van der Waals surface area contributed by atoms with Crippen LogP contribution in [0.2, 0.25) is 0 Å². The molecule has 3 rings (SSSR count). The molecule has 0 aliphatic carbocycles. The van der Waals surface area contributed by atoms with Crippen LogP contribution in [0, 0.1) is 5.82 Å². The lowest BCUT2D eigenvalue weighted by Crippen LogP contribution is -1.95. The van der Waals surface area contributed by atoms with Gasteiger partial charge in [0.1, 0.15) is 23.9 Å². The van der Waals surface area contributed by atoms with Crippen LogP contribution in [0.4, 0.5) is 4.39 Å². The predicted molar refractivity (Wildman–Crippen MR) is 75.6 cm³/mol. The summed E-state index contributed by atoms with van der Waals surface area (Å²) in [5, 5.41) is 0.842. The molecule has 3 aromatic rings. The summed E-state index contributed by atoms with van der Waals surface area (Å²) in [5.74, 6) is 1.20. The van der Waals surface area contributed by atoms with Crippen LogP contribution in [-0.4, -0.2) is 12.1 Å². The van der Waals surface area contributed by atoms with E-state index in [2.05, 4.69) is 4.98 Å². The molecule has 0 aliphatic heterocycles. The lowest BCUT2D eigenvalue weighted by atomic mass is 10.2. The molecule has 1 aromatic heterocycles. The first-order valence-electron chi connectivity index (χ1n) is 6.29. The van der Waals surface area contributed by atoms with E-state index in [1.165, 1.54) is 6.07 Å². The third kappa shape index (κ3) is 2.45. The van der Waals surface area contributed by atoms with Crippen LogP contribution >= 0.6 is 0 Å². The van der Waals surface area contributed by atoms with Crippen LogP contribution < -0.4 is 9.47 Å². The van der Waals surface area contributed by atoms with Gasteiger partial charge < -0.3 is 14.5 Å². The molecule has 4 heteroatoms. The van der Waals surface area contributed by atoms with Gasteiger partial charge in [0.25, 0.3) is 0 Å². The maximum Gasteiger partial charge on any atom is 0.147 e. The molecule has 0 atom stereocenters. The summed E-state index contributed by atoms with van der Waals surface area (Å²) in [5.41, 5.74) is 1.34. The first-order valence-corrected chi connectivity index (χ1v) is 6.29. The molecule has 0 fully saturated rings. The van der Waals surface area contributed by atoms with Crippen LogP contribution in [0.5, 0.6) is 11.5 Å². The molecular weight excluding hydrogens is 257 g/mol. The molecule has 2 aromatic carbocycles. The first-order chi connectivity index (χ1) is 9.76. The zero-order chi connectivity index (χ0) is 13.9. The second-order valence-corrected chi connectivity index (χ2v) is 4.47. The van der Waals surface area contributed by atoms with E-state index in [9.17, 15) is 4.39 Å². The summed E-state index contributed by atoms with van der Waals surface area (Å²) in [7, 11) is 1.61. The largest absolute Gasteiger partial charge is 0.497 e. The van der Waals surface area contributed by atoms with Crippen molar-refractivity contribution in [3.8, 4) is 11.5 Å². The van der Waals surface area contributed by atoms with Gasteiger partial charge in [-0.15, -0.1) is 0 Å². The number of hydrogen-bond donors (Lipinski definition) is 1. The van der Waals surface area contributed by atoms with Gasteiger partial charge >= 0.3 is 0 Å². The third-order valence-electron chi connectivity index (χ3n) is 3.10. The SMILES string of the molecule is COc1cccc(OCc2cc3cccc(F)c3[nH]2)c1. The minimum absolute atomic E-state index is 0.255. The Kier molecular flexibility index (Phi) is 3.29. The average molecular weight is 271 g/mol. The standard InChI is InChI=1S/C16H14FNO2/c1-19-13-5-3-6-14(9-13)20-10-12-8-11-4-2-7-15(17)16(11)18-12/h2-9,18H,10H2,1H3. The first kappa shape index (κ1) is 12.5. The molecule has 0 unspecified atom stereocenters. The van der Waals surface area contributed by atoms with E-state index < -0.39 is 0 Å². The number of hydrogen-bond acceptors (Lipinski definition) is 2. The summed E-state index contributed by atoms with van der Waals surface area (Å²) in [6.07, 6.45) is 0. The zero-order valence-electron chi connectivity index (χ0n) is 11.0. The molecule has 0 amide bonds. The number of H-pyrrole nitrogens is 1. The van der Waals surface area contributed by atoms with Crippen LogP contribution in [-0.2, 0) is 6.61 Å². The summed E-state index contributed by atoms with van der Waals surface area (Å²) < 4.78 is 24.4. The van der Waals surface area contributed by atoms with Crippen LogP contribution in [0.25, 0.3) is 10.9 Å². The van der Waals surface area contributed by atoms with Crippen LogP contribution in [0.1, 0.15) is 5.69 Å². The van der Waals surface area contributed by atoms with E-state index >= 15 is 0 Å². The Balaban J connectivity index is 1.78. The topological polar surface area (TPSA) is 34.2 Å². The predicted octanol–water partition coefficient (Wildman–Crippen LogP) is 3.89. The van der Waals surface area contributed by atoms with Gasteiger partial charge in [-0.05, 0) is 24.3 Å². The molecule has 0 aliphatic rings. The average Bonchev–Trinajstić information content (AvgIpc) is 2.90. The van der Waals surface area contributed by atoms with Gasteiger partial charge in [0.15, 0.2) is 0 Å². The van der Waals surface area contributed by atoms with Gasteiger partial charge in [-0.2, -0.15) is 0 Å². The molecule has 0 saturated carbocycles. The minimum atomic E-state index is -0.255. The number of aromatic amines is 1. The van der Waals surface area contributed by atoms with E-state index in [0.717, 1.165) is 16.8 Å². The van der Waals surface area contributed by atoms with Gasteiger partial charge in [0, 0.05) is 11.5 Å². The molecule has 0 spiro atoms. The van der Waals surface area contributed by atoms with Crippen LogP contribution in [0.15, 0.2) is 48.5 Å². The number of nitrogens with one attached hydrogen (secondary N) is 1. The fourth-order valence-electron chi connectivity index (χ4n) is 2.11. The Labute approximate surface area is 116 Å². The second-order valence-electron chi connectivity index (χ2n) is 4.47. The van der Waals surface area contributed by atoms with Crippen molar-refractivity contribution in [3.63, 3.8) is 0 Å². The Hall–Kier alpha value is -2.49. The normalized spacial score (nSPS) is 10.7. The number of halogens is 1. The Morgan fingerprint density at radius 2 is 1.85 bits per heavy atom. The molecular formula is C16H14FNO2. The van der Waals surface area contributed by atoms with E-state index in [1.54, 1.807) is 13.2 Å². The third-order valence-corrected chi connectivity index (χ3v) is 3.10. The zero-order valence-corrected chi connectivity index (χ0v) is 11.0. The highest BCUT2D eigenvalue weighted by Crippen LogP contribution is 2.22. The minimum Gasteiger partial charge on any atom is -0.497 e. The fourth-order valence-corrected chi connectivity index (χ4v) is 2.11. The van der Waals surface area contributed by atoms with Gasteiger partial charge in [0.2, 0.25) is 0 Å². The summed E-state index contributed by atoms with van der Waals surface area (Å²) in [6.45, 7) is 0.348. The van der Waals surface area contributed by atoms with Crippen molar-refractivity contribution in [3.05, 3.63) is 60.0 Å². The number of benzene rings is 2. The molecule has 0 radical (unpaired) electrons.